The first kappa shape index (κ1) is 16.3. The lowest BCUT2D eigenvalue weighted by Crippen LogP contribution is -2.45. The number of aromatic nitrogens is 1. The average Bonchev–Trinajstić information content (AvgIpc) is 2.95. The Balaban J connectivity index is 1.54. The summed E-state index contributed by atoms with van der Waals surface area (Å²) in [7, 11) is 1.70. The van der Waals surface area contributed by atoms with E-state index >= 15 is 0 Å². The van der Waals surface area contributed by atoms with Crippen LogP contribution in [0.4, 0.5) is 0 Å². The number of nitrogens with zero attached hydrogens (tertiary/aromatic N) is 3. The second-order valence-corrected chi connectivity index (χ2v) is 6.37. The van der Waals surface area contributed by atoms with E-state index in [9.17, 15) is 0 Å². The maximum atomic E-state index is 6.11. The lowest BCUT2D eigenvalue weighted by molar-refractivity contribution is 0.119. The predicted molar refractivity (Wildman–Crippen MR) is 89.8 cm³/mol. The van der Waals surface area contributed by atoms with Gasteiger partial charge in [0.15, 0.2) is 0 Å². The number of methoxy groups -OCH3 is 1. The molecule has 2 aromatic rings. The highest BCUT2D eigenvalue weighted by atomic mass is 35.5. The zero-order valence-corrected chi connectivity index (χ0v) is 14.3. The van der Waals surface area contributed by atoms with E-state index in [0.717, 1.165) is 67.1 Å². The van der Waals surface area contributed by atoms with Gasteiger partial charge in [0.25, 0.3) is 0 Å². The molecule has 23 heavy (non-hydrogen) atoms. The maximum absolute atomic E-state index is 6.11. The van der Waals surface area contributed by atoms with Crippen LogP contribution in [0.1, 0.15) is 17.0 Å². The van der Waals surface area contributed by atoms with E-state index in [-0.39, 0.29) is 0 Å². The van der Waals surface area contributed by atoms with Gasteiger partial charge in [-0.15, -0.1) is 0 Å². The van der Waals surface area contributed by atoms with Crippen LogP contribution in [0.2, 0.25) is 5.02 Å². The van der Waals surface area contributed by atoms with Crippen LogP contribution >= 0.6 is 11.6 Å². The third kappa shape index (κ3) is 4.25. The van der Waals surface area contributed by atoms with Crippen molar-refractivity contribution >= 4 is 11.6 Å². The molecule has 6 heteroatoms. The minimum Gasteiger partial charge on any atom is -0.496 e. The third-order valence-corrected chi connectivity index (χ3v) is 4.40. The van der Waals surface area contributed by atoms with E-state index in [1.807, 2.05) is 31.2 Å². The standard InChI is InChI=1S/C17H22ClN3O2/c1-13-9-16(19-23-13)12-21-7-5-20(6-8-21)11-14-10-15(18)3-4-17(14)22-2/h3-4,9-10H,5-8,11-12H2,1-2H3. The van der Waals surface area contributed by atoms with Gasteiger partial charge in [0, 0.05) is 55.9 Å². The summed E-state index contributed by atoms with van der Waals surface area (Å²) in [6.07, 6.45) is 0. The normalized spacial score (nSPS) is 16.7. The lowest BCUT2D eigenvalue weighted by atomic mass is 10.1. The van der Waals surface area contributed by atoms with Gasteiger partial charge >= 0.3 is 0 Å². The molecular weight excluding hydrogens is 314 g/mol. The van der Waals surface area contributed by atoms with Gasteiger partial charge in [-0.2, -0.15) is 0 Å². The van der Waals surface area contributed by atoms with Crippen molar-refractivity contribution in [2.45, 2.75) is 20.0 Å². The van der Waals surface area contributed by atoms with Crippen molar-refractivity contribution in [1.29, 1.82) is 0 Å². The Morgan fingerprint density at radius 3 is 2.43 bits per heavy atom. The Morgan fingerprint density at radius 1 is 1.13 bits per heavy atom. The first-order valence-corrected chi connectivity index (χ1v) is 8.21. The van der Waals surface area contributed by atoms with Crippen molar-refractivity contribution in [3.63, 3.8) is 0 Å². The molecule has 0 aliphatic carbocycles. The molecule has 1 fully saturated rings. The van der Waals surface area contributed by atoms with Gasteiger partial charge < -0.3 is 9.26 Å². The number of rotatable bonds is 5. The van der Waals surface area contributed by atoms with Gasteiger partial charge in [0.05, 0.1) is 12.8 Å². The van der Waals surface area contributed by atoms with E-state index in [1.165, 1.54) is 0 Å². The van der Waals surface area contributed by atoms with Gasteiger partial charge in [0.2, 0.25) is 0 Å². The first-order chi connectivity index (χ1) is 11.1. The van der Waals surface area contributed by atoms with Crippen LogP contribution in [0.15, 0.2) is 28.8 Å². The minimum absolute atomic E-state index is 0.751. The second-order valence-electron chi connectivity index (χ2n) is 5.94. The summed E-state index contributed by atoms with van der Waals surface area (Å²) in [5.41, 5.74) is 2.15. The van der Waals surface area contributed by atoms with Gasteiger partial charge in [-0.05, 0) is 25.1 Å². The molecule has 0 unspecified atom stereocenters. The zero-order valence-electron chi connectivity index (χ0n) is 13.6. The second kappa shape index (κ2) is 7.34. The number of ether oxygens (including phenoxy) is 1. The van der Waals surface area contributed by atoms with Crippen LogP contribution in [0.5, 0.6) is 5.75 Å². The van der Waals surface area contributed by atoms with E-state index in [2.05, 4.69) is 15.0 Å². The molecule has 0 N–H and O–H groups in total. The topological polar surface area (TPSA) is 41.7 Å². The van der Waals surface area contributed by atoms with Gasteiger partial charge in [-0.25, -0.2) is 0 Å². The zero-order chi connectivity index (χ0) is 16.2. The van der Waals surface area contributed by atoms with Crippen LogP contribution in [0, 0.1) is 6.92 Å². The molecule has 1 aromatic carbocycles. The van der Waals surface area contributed by atoms with E-state index in [0.29, 0.717) is 0 Å². The number of halogens is 1. The third-order valence-electron chi connectivity index (χ3n) is 4.16. The van der Waals surface area contributed by atoms with E-state index in [4.69, 9.17) is 20.9 Å². The summed E-state index contributed by atoms with van der Waals surface area (Å²) in [4.78, 5) is 4.84. The van der Waals surface area contributed by atoms with Crippen molar-refractivity contribution in [2.24, 2.45) is 0 Å². The molecule has 0 bridgehead atoms. The average molecular weight is 336 g/mol. The molecule has 5 nitrogen and oxygen atoms in total. The Bertz CT molecular complexity index is 651. The van der Waals surface area contributed by atoms with Gasteiger partial charge in [0.1, 0.15) is 11.5 Å². The SMILES string of the molecule is COc1ccc(Cl)cc1CN1CCN(Cc2cc(C)on2)CC1. The quantitative estimate of drug-likeness (QED) is 0.840. The fourth-order valence-electron chi connectivity index (χ4n) is 2.94. The molecule has 0 saturated carbocycles. The van der Waals surface area contributed by atoms with Gasteiger partial charge in [-0.3, -0.25) is 9.80 Å². The number of piperazine rings is 1. The number of hydrogen-bond donors (Lipinski definition) is 0. The Morgan fingerprint density at radius 2 is 1.83 bits per heavy atom. The van der Waals surface area contributed by atoms with E-state index < -0.39 is 0 Å². The Hall–Kier alpha value is -1.56. The van der Waals surface area contributed by atoms with Crippen molar-refractivity contribution in [1.82, 2.24) is 15.0 Å². The molecule has 0 amide bonds. The van der Waals surface area contributed by atoms with Crippen molar-refractivity contribution in [2.75, 3.05) is 33.3 Å². The summed E-state index contributed by atoms with van der Waals surface area (Å²) in [5.74, 6) is 1.77. The molecular formula is C17H22ClN3O2. The van der Waals surface area contributed by atoms with Crippen molar-refractivity contribution in [3.05, 3.63) is 46.3 Å². The maximum Gasteiger partial charge on any atom is 0.133 e. The summed E-state index contributed by atoms with van der Waals surface area (Å²) in [6.45, 7) is 7.72. The fraction of sp³-hybridized carbons (Fsp3) is 0.471. The summed E-state index contributed by atoms with van der Waals surface area (Å²) in [5, 5.41) is 4.82. The molecule has 2 heterocycles. The number of hydrogen-bond acceptors (Lipinski definition) is 5. The monoisotopic (exact) mass is 335 g/mol. The van der Waals surface area contributed by atoms with Crippen LogP contribution < -0.4 is 4.74 Å². The first-order valence-electron chi connectivity index (χ1n) is 7.83. The largest absolute Gasteiger partial charge is 0.496 e. The molecule has 0 atom stereocenters. The summed E-state index contributed by atoms with van der Waals surface area (Å²) in [6, 6.07) is 7.79. The smallest absolute Gasteiger partial charge is 0.133 e. The molecule has 124 valence electrons. The highest BCUT2D eigenvalue weighted by molar-refractivity contribution is 6.30. The van der Waals surface area contributed by atoms with Crippen LogP contribution in [0.25, 0.3) is 0 Å². The van der Waals surface area contributed by atoms with Crippen molar-refractivity contribution < 1.29 is 9.26 Å². The highest BCUT2D eigenvalue weighted by Crippen LogP contribution is 2.24. The number of aryl methyl sites for hydroxylation is 1. The molecule has 1 aliphatic rings. The predicted octanol–water partition coefficient (Wildman–Crippen LogP) is 2.96. The van der Waals surface area contributed by atoms with Crippen LogP contribution in [-0.4, -0.2) is 48.2 Å². The molecule has 1 saturated heterocycles. The molecule has 3 rings (SSSR count). The minimum atomic E-state index is 0.751. The molecule has 1 aromatic heterocycles. The summed E-state index contributed by atoms with van der Waals surface area (Å²) < 4.78 is 10.6. The molecule has 0 spiro atoms. The molecule has 1 aliphatic heterocycles. The molecule has 0 radical (unpaired) electrons. The Labute approximate surface area is 141 Å². The number of benzene rings is 1. The van der Waals surface area contributed by atoms with Crippen molar-refractivity contribution in [3.8, 4) is 5.75 Å². The lowest BCUT2D eigenvalue weighted by Gasteiger charge is -2.34. The van der Waals surface area contributed by atoms with Gasteiger partial charge in [-0.1, -0.05) is 16.8 Å². The summed E-state index contributed by atoms with van der Waals surface area (Å²) >= 11 is 6.11. The van der Waals surface area contributed by atoms with E-state index in [1.54, 1.807) is 7.11 Å². The Kier molecular flexibility index (Phi) is 5.20. The van der Waals surface area contributed by atoms with Crippen LogP contribution in [0.3, 0.4) is 0 Å². The fourth-order valence-corrected chi connectivity index (χ4v) is 3.13. The van der Waals surface area contributed by atoms with Crippen LogP contribution in [-0.2, 0) is 13.1 Å². The highest BCUT2D eigenvalue weighted by Gasteiger charge is 2.19.